The molecule has 1 aliphatic rings. The molecule has 3 aromatic rings. The SMILES string of the molecule is CCN(C)S(=O)(=O)Nc1cccc(-c2ccc3c(NC(=O)C4CC4C)n[nH]c3c2)c1. The largest absolute Gasteiger partial charge is 0.308 e. The third-order valence-electron chi connectivity index (χ3n) is 5.55. The first-order valence-corrected chi connectivity index (χ1v) is 11.4. The monoisotopic (exact) mass is 427 g/mol. The first-order chi connectivity index (χ1) is 14.3. The molecule has 158 valence electrons. The minimum atomic E-state index is -3.58. The van der Waals surface area contributed by atoms with Crippen LogP contribution in [0.15, 0.2) is 42.5 Å². The summed E-state index contributed by atoms with van der Waals surface area (Å²) in [6.07, 6.45) is 0.923. The van der Waals surface area contributed by atoms with Crippen molar-refractivity contribution in [3.8, 4) is 11.1 Å². The highest BCUT2D eigenvalue weighted by molar-refractivity contribution is 7.90. The number of carbonyl (C=O) groups excluding carboxylic acids is 1. The zero-order valence-electron chi connectivity index (χ0n) is 17.1. The van der Waals surface area contributed by atoms with Crippen LogP contribution in [0.4, 0.5) is 11.5 Å². The number of H-pyrrole nitrogens is 1. The van der Waals surface area contributed by atoms with Crippen molar-refractivity contribution in [3.05, 3.63) is 42.5 Å². The molecule has 0 spiro atoms. The Morgan fingerprint density at radius 1 is 1.23 bits per heavy atom. The third-order valence-corrected chi connectivity index (χ3v) is 7.12. The summed E-state index contributed by atoms with van der Waals surface area (Å²) < 4.78 is 28.4. The zero-order valence-corrected chi connectivity index (χ0v) is 18.0. The van der Waals surface area contributed by atoms with E-state index in [1.165, 1.54) is 11.4 Å². The fourth-order valence-corrected chi connectivity index (χ4v) is 4.27. The molecule has 8 nitrogen and oxygen atoms in total. The molecule has 1 fully saturated rings. The quantitative estimate of drug-likeness (QED) is 0.537. The molecule has 1 saturated carbocycles. The smallest absolute Gasteiger partial charge is 0.301 e. The van der Waals surface area contributed by atoms with Crippen LogP contribution >= 0.6 is 0 Å². The Kier molecular flexibility index (Phi) is 5.25. The second kappa shape index (κ2) is 7.73. The van der Waals surface area contributed by atoms with E-state index in [9.17, 15) is 13.2 Å². The number of nitrogens with one attached hydrogen (secondary N) is 3. The maximum atomic E-state index is 12.3. The van der Waals surface area contributed by atoms with Gasteiger partial charge in [-0.05, 0) is 47.7 Å². The predicted molar refractivity (Wildman–Crippen MR) is 118 cm³/mol. The molecule has 0 aliphatic heterocycles. The molecule has 2 aromatic carbocycles. The maximum Gasteiger partial charge on any atom is 0.301 e. The van der Waals surface area contributed by atoms with E-state index < -0.39 is 10.2 Å². The number of hydrogen-bond acceptors (Lipinski definition) is 4. The van der Waals surface area contributed by atoms with Crippen molar-refractivity contribution in [2.24, 2.45) is 11.8 Å². The molecule has 1 aromatic heterocycles. The summed E-state index contributed by atoms with van der Waals surface area (Å²) in [5, 5.41) is 11.0. The lowest BCUT2D eigenvalue weighted by Gasteiger charge is -2.16. The standard InChI is InChI=1S/C21H25N5O3S/c1-4-26(3)30(28,29)25-16-7-5-6-14(11-16)15-8-9-17-19(12-15)23-24-20(17)22-21(27)18-10-13(18)2/h5-9,11-13,18,25H,4,10H2,1-3H3,(H2,22,23,24,27). The van der Waals surface area contributed by atoms with Gasteiger partial charge in [-0.3, -0.25) is 14.6 Å². The lowest BCUT2D eigenvalue weighted by molar-refractivity contribution is -0.117. The molecule has 0 bridgehead atoms. The summed E-state index contributed by atoms with van der Waals surface area (Å²) in [5.74, 6) is 1.06. The van der Waals surface area contributed by atoms with Crippen LogP contribution in [0.5, 0.6) is 0 Å². The van der Waals surface area contributed by atoms with Gasteiger partial charge in [0.15, 0.2) is 5.82 Å². The van der Waals surface area contributed by atoms with Crippen LogP contribution in [0.25, 0.3) is 22.0 Å². The predicted octanol–water partition coefficient (Wildman–Crippen LogP) is 3.43. The first kappa shape index (κ1) is 20.4. The van der Waals surface area contributed by atoms with Gasteiger partial charge in [-0.25, -0.2) is 0 Å². The van der Waals surface area contributed by atoms with Crippen molar-refractivity contribution in [1.29, 1.82) is 0 Å². The van der Waals surface area contributed by atoms with E-state index in [0.29, 0.717) is 24.0 Å². The molecule has 4 rings (SSSR count). The molecule has 1 heterocycles. The fraction of sp³-hybridized carbons (Fsp3) is 0.333. The lowest BCUT2D eigenvalue weighted by atomic mass is 10.0. The minimum absolute atomic E-state index is 0.0111. The van der Waals surface area contributed by atoms with Crippen LogP contribution in [-0.2, 0) is 15.0 Å². The van der Waals surface area contributed by atoms with Gasteiger partial charge in [0.05, 0.1) is 11.2 Å². The Bertz CT molecular complexity index is 1200. The molecule has 0 saturated heterocycles. The summed E-state index contributed by atoms with van der Waals surface area (Å²) >= 11 is 0. The average Bonchev–Trinajstić information content (AvgIpc) is 3.34. The van der Waals surface area contributed by atoms with Gasteiger partial charge in [0.2, 0.25) is 5.91 Å². The summed E-state index contributed by atoms with van der Waals surface area (Å²) in [7, 11) is -2.06. The lowest BCUT2D eigenvalue weighted by Crippen LogP contribution is -2.32. The molecule has 2 unspecified atom stereocenters. The first-order valence-electron chi connectivity index (χ1n) is 9.92. The molecule has 1 aliphatic carbocycles. The summed E-state index contributed by atoms with van der Waals surface area (Å²) in [6.45, 7) is 4.22. The van der Waals surface area contributed by atoms with Crippen molar-refractivity contribution in [3.63, 3.8) is 0 Å². The Balaban J connectivity index is 1.57. The number of rotatable bonds is 7. The minimum Gasteiger partial charge on any atom is -0.308 e. The number of aromatic nitrogens is 2. The Morgan fingerprint density at radius 2 is 1.97 bits per heavy atom. The number of aromatic amines is 1. The van der Waals surface area contributed by atoms with Gasteiger partial charge >= 0.3 is 10.2 Å². The Hall–Kier alpha value is -2.91. The van der Waals surface area contributed by atoms with E-state index in [-0.39, 0.29) is 11.8 Å². The average molecular weight is 428 g/mol. The van der Waals surface area contributed by atoms with E-state index >= 15 is 0 Å². The normalized spacial score (nSPS) is 18.5. The van der Waals surface area contributed by atoms with Crippen LogP contribution < -0.4 is 10.0 Å². The number of fused-ring (bicyclic) bond motifs is 1. The van der Waals surface area contributed by atoms with E-state index in [2.05, 4.69) is 27.2 Å². The van der Waals surface area contributed by atoms with Crippen molar-refractivity contribution in [2.75, 3.05) is 23.6 Å². The van der Waals surface area contributed by atoms with Crippen LogP contribution in [0.2, 0.25) is 0 Å². The zero-order chi connectivity index (χ0) is 21.5. The molecule has 9 heteroatoms. The molecule has 3 N–H and O–H groups in total. The number of nitrogens with zero attached hydrogens (tertiary/aromatic N) is 2. The number of carbonyl (C=O) groups is 1. The second-order valence-corrected chi connectivity index (χ2v) is 9.52. The second-order valence-electron chi connectivity index (χ2n) is 7.74. The van der Waals surface area contributed by atoms with Gasteiger partial charge < -0.3 is 5.32 Å². The third kappa shape index (κ3) is 4.03. The van der Waals surface area contributed by atoms with E-state index in [1.807, 2.05) is 24.3 Å². The molecule has 0 radical (unpaired) electrons. The summed E-state index contributed by atoms with van der Waals surface area (Å²) in [4.78, 5) is 12.2. The van der Waals surface area contributed by atoms with E-state index in [1.54, 1.807) is 25.1 Å². The summed E-state index contributed by atoms with van der Waals surface area (Å²) in [5.41, 5.74) is 3.06. The number of amides is 1. The van der Waals surface area contributed by atoms with Gasteiger partial charge in [0, 0.05) is 24.9 Å². The van der Waals surface area contributed by atoms with Crippen molar-refractivity contribution >= 4 is 38.5 Å². The van der Waals surface area contributed by atoms with Crippen molar-refractivity contribution in [2.45, 2.75) is 20.3 Å². The van der Waals surface area contributed by atoms with Crippen LogP contribution in [0.1, 0.15) is 20.3 Å². The van der Waals surface area contributed by atoms with Crippen molar-refractivity contribution in [1.82, 2.24) is 14.5 Å². The van der Waals surface area contributed by atoms with Crippen LogP contribution in [-0.4, -0.2) is 42.4 Å². The molecule has 30 heavy (non-hydrogen) atoms. The number of hydrogen-bond donors (Lipinski definition) is 3. The number of anilines is 2. The van der Waals surface area contributed by atoms with Gasteiger partial charge in [0.25, 0.3) is 0 Å². The van der Waals surface area contributed by atoms with Crippen molar-refractivity contribution < 1.29 is 13.2 Å². The van der Waals surface area contributed by atoms with Gasteiger partial charge in [0.1, 0.15) is 0 Å². The topological polar surface area (TPSA) is 107 Å². The molecular weight excluding hydrogens is 402 g/mol. The maximum absolute atomic E-state index is 12.3. The van der Waals surface area contributed by atoms with Crippen LogP contribution in [0.3, 0.4) is 0 Å². The summed E-state index contributed by atoms with van der Waals surface area (Å²) in [6, 6.07) is 13.0. The highest BCUT2D eigenvalue weighted by Gasteiger charge is 2.39. The van der Waals surface area contributed by atoms with Gasteiger partial charge in [-0.2, -0.15) is 17.8 Å². The molecule has 1 amide bonds. The fourth-order valence-electron chi connectivity index (χ4n) is 3.35. The van der Waals surface area contributed by atoms with Crippen LogP contribution in [0, 0.1) is 11.8 Å². The van der Waals surface area contributed by atoms with Gasteiger partial charge in [-0.1, -0.05) is 32.0 Å². The molecular formula is C21H25N5O3S. The van der Waals surface area contributed by atoms with Gasteiger partial charge in [-0.15, -0.1) is 0 Å². The van der Waals surface area contributed by atoms with E-state index in [0.717, 1.165) is 28.5 Å². The molecule has 2 atom stereocenters. The van der Waals surface area contributed by atoms with E-state index in [4.69, 9.17) is 0 Å². The highest BCUT2D eigenvalue weighted by Crippen LogP contribution is 2.39. The number of benzene rings is 2. The Labute approximate surface area is 175 Å². The Morgan fingerprint density at radius 3 is 2.67 bits per heavy atom. The highest BCUT2D eigenvalue weighted by atomic mass is 32.2.